The number of amides is 3. The molecule has 0 aliphatic heterocycles. The number of methoxy groups -OCH3 is 2. The second-order valence-electron chi connectivity index (χ2n) is 7.75. The second-order valence-corrected chi connectivity index (χ2v) is 7.75. The molecule has 2 aromatic carbocycles. The number of rotatable bonds is 13. The Hall–Kier alpha value is -3.95. The summed E-state index contributed by atoms with van der Waals surface area (Å²) in [6.07, 6.45) is 2.67. The Kier molecular flexibility index (Phi) is 8.55. The van der Waals surface area contributed by atoms with Crippen LogP contribution in [0.25, 0.3) is 0 Å². The Morgan fingerprint density at radius 1 is 0.971 bits per heavy atom. The van der Waals surface area contributed by atoms with Gasteiger partial charge in [0.05, 0.1) is 14.2 Å². The number of ether oxygens (including phenoxy) is 4. The van der Waals surface area contributed by atoms with Crippen LogP contribution in [0.15, 0.2) is 36.4 Å². The van der Waals surface area contributed by atoms with Gasteiger partial charge in [-0.05, 0) is 49.1 Å². The molecule has 1 aliphatic rings. The number of nitrogens with one attached hydrogen (secondary N) is 2. The summed E-state index contributed by atoms with van der Waals surface area (Å²) in [6.45, 7) is 0.0360. The Morgan fingerprint density at radius 3 is 2.18 bits per heavy atom. The van der Waals surface area contributed by atoms with Crippen molar-refractivity contribution in [2.45, 2.75) is 25.3 Å². The van der Waals surface area contributed by atoms with Crippen molar-refractivity contribution in [2.24, 2.45) is 5.73 Å². The second kappa shape index (κ2) is 11.8. The molecule has 0 aromatic heterocycles. The van der Waals surface area contributed by atoms with Gasteiger partial charge in [-0.25, -0.2) is 0 Å². The van der Waals surface area contributed by atoms with E-state index in [-0.39, 0.29) is 42.3 Å². The van der Waals surface area contributed by atoms with Crippen LogP contribution in [0.5, 0.6) is 23.0 Å². The van der Waals surface area contributed by atoms with E-state index in [9.17, 15) is 14.4 Å². The number of hydrogen-bond acceptors (Lipinski definition) is 7. The van der Waals surface area contributed by atoms with Gasteiger partial charge in [0.25, 0.3) is 17.7 Å². The molecule has 0 unspecified atom stereocenters. The monoisotopic (exact) mass is 471 g/mol. The van der Waals surface area contributed by atoms with Gasteiger partial charge in [0.2, 0.25) is 5.75 Å². The van der Waals surface area contributed by atoms with Crippen molar-refractivity contribution >= 4 is 17.7 Å². The Labute approximate surface area is 197 Å². The lowest BCUT2D eigenvalue weighted by Gasteiger charge is -2.15. The van der Waals surface area contributed by atoms with Crippen molar-refractivity contribution in [3.63, 3.8) is 0 Å². The maximum absolute atomic E-state index is 12.6. The lowest BCUT2D eigenvalue weighted by Crippen LogP contribution is -2.30. The average Bonchev–Trinajstić information content (AvgIpc) is 3.65. The van der Waals surface area contributed by atoms with Crippen molar-refractivity contribution in [3.05, 3.63) is 47.5 Å². The van der Waals surface area contributed by atoms with E-state index in [0.717, 1.165) is 18.4 Å². The first-order valence-electron chi connectivity index (χ1n) is 10.9. The van der Waals surface area contributed by atoms with Gasteiger partial charge in [0.15, 0.2) is 24.7 Å². The number of primary amides is 1. The summed E-state index contributed by atoms with van der Waals surface area (Å²) in [5.41, 5.74) is 6.44. The molecule has 0 heterocycles. The fourth-order valence-corrected chi connectivity index (χ4v) is 3.12. The van der Waals surface area contributed by atoms with Gasteiger partial charge in [-0.15, -0.1) is 0 Å². The topological polar surface area (TPSA) is 138 Å². The van der Waals surface area contributed by atoms with E-state index in [1.54, 1.807) is 12.1 Å². The summed E-state index contributed by atoms with van der Waals surface area (Å²) < 4.78 is 21.4. The zero-order chi connectivity index (χ0) is 24.5. The average molecular weight is 472 g/mol. The van der Waals surface area contributed by atoms with Crippen molar-refractivity contribution in [1.82, 2.24) is 10.6 Å². The number of hydrogen-bond donors (Lipinski definition) is 3. The van der Waals surface area contributed by atoms with Crippen molar-refractivity contribution < 1.29 is 33.3 Å². The van der Waals surface area contributed by atoms with Gasteiger partial charge in [-0.2, -0.15) is 0 Å². The van der Waals surface area contributed by atoms with Crippen LogP contribution >= 0.6 is 0 Å². The summed E-state index contributed by atoms with van der Waals surface area (Å²) in [6, 6.07) is 10.7. The normalized spacial score (nSPS) is 12.4. The van der Waals surface area contributed by atoms with E-state index < -0.39 is 5.91 Å². The fraction of sp³-hybridized carbons (Fsp3) is 0.375. The van der Waals surface area contributed by atoms with Gasteiger partial charge in [0, 0.05) is 18.2 Å². The minimum atomic E-state index is -0.649. The van der Waals surface area contributed by atoms with Crippen molar-refractivity contribution in [2.75, 3.05) is 34.0 Å². The summed E-state index contributed by atoms with van der Waals surface area (Å²) in [4.78, 5) is 35.4. The van der Waals surface area contributed by atoms with Crippen LogP contribution in [-0.2, 0) is 16.0 Å². The van der Waals surface area contributed by atoms with Crippen LogP contribution < -0.4 is 35.3 Å². The quantitative estimate of drug-likeness (QED) is 0.399. The molecule has 4 N–H and O–H groups in total. The SMILES string of the molecule is COc1cc(C(=O)NCCc2ccc(OCC(=O)NC3CC3)cc2)cc(OC)c1OCC(N)=O. The van der Waals surface area contributed by atoms with Gasteiger partial charge < -0.3 is 35.3 Å². The van der Waals surface area contributed by atoms with Crippen LogP contribution in [0.4, 0.5) is 0 Å². The molecular formula is C24H29N3O7. The third-order valence-electron chi connectivity index (χ3n) is 5.02. The predicted molar refractivity (Wildman–Crippen MR) is 123 cm³/mol. The Bertz CT molecular complexity index is 995. The zero-order valence-electron chi connectivity index (χ0n) is 19.2. The maximum atomic E-state index is 12.6. The minimum absolute atomic E-state index is 0.00874. The standard InChI is InChI=1S/C24H29N3O7/c1-31-19-11-16(12-20(32-2)23(19)34-13-21(25)28)24(30)26-10-9-15-3-7-18(8-4-15)33-14-22(29)27-17-5-6-17/h3-4,7-8,11-12,17H,5-6,9-10,13-14H2,1-2H3,(H2,25,28)(H,26,30)(H,27,29). The first-order valence-corrected chi connectivity index (χ1v) is 10.9. The lowest BCUT2D eigenvalue weighted by atomic mass is 10.1. The highest BCUT2D eigenvalue weighted by molar-refractivity contribution is 5.95. The Morgan fingerprint density at radius 2 is 1.62 bits per heavy atom. The molecule has 10 heteroatoms. The molecule has 1 aliphatic carbocycles. The molecule has 0 bridgehead atoms. The van der Waals surface area contributed by atoms with Crippen LogP contribution in [0.2, 0.25) is 0 Å². The third kappa shape index (κ3) is 7.29. The third-order valence-corrected chi connectivity index (χ3v) is 5.02. The molecule has 10 nitrogen and oxygen atoms in total. The first-order chi connectivity index (χ1) is 16.4. The summed E-state index contributed by atoms with van der Waals surface area (Å²) in [5.74, 6) is 0.197. The first kappa shape index (κ1) is 24.7. The number of benzene rings is 2. The molecule has 0 atom stereocenters. The maximum Gasteiger partial charge on any atom is 0.258 e. The van der Waals surface area contributed by atoms with E-state index in [2.05, 4.69) is 10.6 Å². The molecule has 2 aromatic rings. The number of carbonyl (C=O) groups is 3. The van der Waals surface area contributed by atoms with Gasteiger partial charge in [0.1, 0.15) is 5.75 Å². The van der Waals surface area contributed by atoms with E-state index in [0.29, 0.717) is 30.3 Å². The van der Waals surface area contributed by atoms with E-state index in [1.807, 2.05) is 12.1 Å². The highest BCUT2D eigenvalue weighted by Gasteiger charge is 2.23. The van der Waals surface area contributed by atoms with Gasteiger partial charge in [-0.1, -0.05) is 12.1 Å². The molecule has 34 heavy (non-hydrogen) atoms. The summed E-state index contributed by atoms with van der Waals surface area (Å²) in [7, 11) is 2.83. The van der Waals surface area contributed by atoms with Crippen LogP contribution in [0.1, 0.15) is 28.8 Å². The predicted octanol–water partition coefficient (Wildman–Crippen LogP) is 1.20. The molecule has 0 saturated heterocycles. The molecule has 3 rings (SSSR count). The molecule has 182 valence electrons. The van der Waals surface area contributed by atoms with Gasteiger partial charge >= 0.3 is 0 Å². The summed E-state index contributed by atoms with van der Waals surface area (Å²) in [5, 5.41) is 5.72. The number of carbonyl (C=O) groups excluding carboxylic acids is 3. The number of nitrogens with two attached hydrogens (primary N) is 1. The zero-order valence-corrected chi connectivity index (χ0v) is 19.2. The molecule has 1 saturated carbocycles. The Balaban J connectivity index is 1.50. The van der Waals surface area contributed by atoms with E-state index in [4.69, 9.17) is 24.7 Å². The fourth-order valence-electron chi connectivity index (χ4n) is 3.12. The highest BCUT2D eigenvalue weighted by atomic mass is 16.5. The van der Waals surface area contributed by atoms with Crippen LogP contribution in [0, 0.1) is 0 Å². The van der Waals surface area contributed by atoms with Gasteiger partial charge in [-0.3, -0.25) is 14.4 Å². The molecule has 3 amide bonds. The largest absolute Gasteiger partial charge is 0.493 e. The van der Waals surface area contributed by atoms with Crippen molar-refractivity contribution in [1.29, 1.82) is 0 Å². The van der Waals surface area contributed by atoms with E-state index in [1.165, 1.54) is 26.4 Å². The van der Waals surface area contributed by atoms with Crippen LogP contribution in [-0.4, -0.2) is 57.7 Å². The molecule has 0 spiro atoms. The van der Waals surface area contributed by atoms with Crippen molar-refractivity contribution in [3.8, 4) is 23.0 Å². The molecule has 1 fully saturated rings. The summed E-state index contributed by atoms with van der Waals surface area (Å²) >= 11 is 0. The molecule has 0 radical (unpaired) electrons. The highest BCUT2D eigenvalue weighted by Crippen LogP contribution is 2.38. The van der Waals surface area contributed by atoms with Crippen LogP contribution in [0.3, 0.4) is 0 Å². The molecular weight excluding hydrogens is 442 g/mol. The lowest BCUT2D eigenvalue weighted by molar-refractivity contribution is -0.123. The van der Waals surface area contributed by atoms with E-state index >= 15 is 0 Å². The minimum Gasteiger partial charge on any atom is -0.493 e. The smallest absolute Gasteiger partial charge is 0.258 e.